The summed E-state index contributed by atoms with van der Waals surface area (Å²) in [4.78, 5) is 0. The van der Waals surface area contributed by atoms with E-state index in [1.807, 2.05) is 0 Å². The lowest BCUT2D eigenvalue weighted by Gasteiger charge is -2.40. The number of hydrogen-bond donors (Lipinski definition) is 1. The molecule has 2 heterocycles. The van der Waals surface area contributed by atoms with Gasteiger partial charge in [-0.3, -0.25) is 0 Å². The van der Waals surface area contributed by atoms with Crippen molar-refractivity contribution in [2.24, 2.45) is 0 Å². The van der Waals surface area contributed by atoms with Crippen LogP contribution in [-0.4, -0.2) is 38.5 Å². The maximum atomic E-state index is 5.72. The second kappa shape index (κ2) is 3.09. The molecular weight excluding hydrogens is 142 g/mol. The van der Waals surface area contributed by atoms with Crippen LogP contribution in [0.2, 0.25) is 0 Å². The van der Waals surface area contributed by atoms with Crippen LogP contribution in [0.3, 0.4) is 0 Å². The van der Waals surface area contributed by atoms with Crippen molar-refractivity contribution in [3.8, 4) is 0 Å². The summed E-state index contributed by atoms with van der Waals surface area (Å²) < 4.78 is 11.1. The molecule has 0 aromatic rings. The Morgan fingerprint density at radius 2 is 2.27 bits per heavy atom. The van der Waals surface area contributed by atoms with Crippen molar-refractivity contribution in [2.45, 2.75) is 18.4 Å². The second-order valence-corrected chi connectivity index (χ2v) is 3.36. The first-order valence-corrected chi connectivity index (χ1v) is 4.34. The zero-order chi connectivity index (χ0) is 7.57. The molecule has 2 fully saturated rings. The van der Waals surface area contributed by atoms with Crippen LogP contribution in [0.15, 0.2) is 0 Å². The van der Waals surface area contributed by atoms with E-state index in [9.17, 15) is 0 Å². The van der Waals surface area contributed by atoms with Gasteiger partial charge in [0.05, 0.1) is 13.2 Å². The van der Waals surface area contributed by atoms with Crippen LogP contribution in [0.4, 0.5) is 0 Å². The summed E-state index contributed by atoms with van der Waals surface area (Å²) in [6.07, 6.45) is 2.29. The standard InChI is InChI=1S/C8H15NO2/c1-2-8(7-10-4-1)6-9-3-5-11-8/h9H,1-7H2/t8-/m1/s1. The van der Waals surface area contributed by atoms with Gasteiger partial charge in [0, 0.05) is 19.7 Å². The Bertz CT molecular complexity index is 107. The van der Waals surface area contributed by atoms with Gasteiger partial charge in [-0.1, -0.05) is 0 Å². The van der Waals surface area contributed by atoms with Gasteiger partial charge in [0.2, 0.25) is 0 Å². The van der Waals surface area contributed by atoms with Crippen molar-refractivity contribution in [3.05, 3.63) is 0 Å². The molecule has 1 atom stereocenters. The lowest BCUT2D eigenvalue weighted by atomic mass is 9.95. The summed E-state index contributed by atoms with van der Waals surface area (Å²) in [7, 11) is 0. The Hall–Kier alpha value is -0.120. The van der Waals surface area contributed by atoms with E-state index in [-0.39, 0.29) is 5.60 Å². The van der Waals surface area contributed by atoms with Gasteiger partial charge >= 0.3 is 0 Å². The Kier molecular flexibility index (Phi) is 2.11. The van der Waals surface area contributed by atoms with Crippen molar-refractivity contribution in [2.75, 3.05) is 32.9 Å². The van der Waals surface area contributed by atoms with Gasteiger partial charge in [-0.05, 0) is 12.8 Å². The molecule has 3 heteroatoms. The smallest absolute Gasteiger partial charge is 0.104 e. The van der Waals surface area contributed by atoms with Gasteiger partial charge in [-0.25, -0.2) is 0 Å². The molecular formula is C8H15NO2. The number of hydrogen-bond acceptors (Lipinski definition) is 3. The molecule has 1 spiro atoms. The first-order valence-electron chi connectivity index (χ1n) is 4.34. The first kappa shape index (κ1) is 7.53. The zero-order valence-corrected chi connectivity index (χ0v) is 6.77. The Balaban J connectivity index is 1.94. The van der Waals surface area contributed by atoms with Gasteiger partial charge in [0.15, 0.2) is 0 Å². The van der Waals surface area contributed by atoms with Crippen molar-refractivity contribution < 1.29 is 9.47 Å². The maximum absolute atomic E-state index is 5.72. The van der Waals surface area contributed by atoms with E-state index in [1.165, 1.54) is 0 Å². The Labute approximate surface area is 67.1 Å². The summed E-state index contributed by atoms with van der Waals surface area (Å²) >= 11 is 0. The zero-order valence-electron chi connectivity index (χ0n) is 6.77. The molecule has 0 aromatic heterocycles. The van der Waals surface area contributed by atoms with Crippen LogP contribution in [0.1, 0.15) is 12.8 Å². The summed E-state index contributed by atoms with van der Waals surface area (Å²) in [6, 6.07) is 0. The minimum atomic E-state index is 0.0243. The molecule has 0 bridgehead atoms. The van der Waals surface area contributed by atoms with E-state index in [1.54, 1.807) is 0 Å². The lowest BCUT2D eigenvalue weighted by molar-refractivity contribution is -0.140. The highest BCUT2D eigenvalue weighted by Crippen LogP contribution is 2.24. The molecule has 0 amide bonds. The highest BCUT2D eigenvalue weighted by molar-refractivity contribution is 4.88. The molecule has 11 heavy (non-hydrogen) atoms. The number of nitrogens with one attached hydrogen (secondary N) is 1. The van der Waals surface area contributed by atoms with E-state index in [0.29, 0.717) is 0 Å². The van der Waals surface area contributed by atoms with Gasteiger partial charge in [-0.2, -0.15) is 0 Å². The van der Waals surface area contributed by atoms with Crippen LogP contribution in [0, 0.1) is 0 Å². The number of rotatable bonds is 0. The van der Waals surface area contributed by atoms with Crippen LogP contribution in [0.25, 0.3) is 0 Å². The number of ether oxygens (including phenoxy) is 2. The lowest BCUT2D eigenvalue weighted by Crippen LogP contribution is -2.54. The van der Waals surface area contributed by atoms with E-state index in [2.05, 4.69) is 5.32 Å². The Morgan fingerprint density at radius 1 is 1.27 bits per heavy atom. The van der Waals surface area contributed by atoms with Gasteiger partial charge in [-0.15, -0.1) is 0 Å². The Morgan fingerprint density at radius 3 is 2.91 bits per heavy atom. The quantitative estimate of drug-likeness (QED) is 0.543. The van der Waals surface area contributed by atoms with E-state index < -0.39 is 0 Å². The molecule has 0 aliphatic carbocycles. The molecule has 0 radical (unpaired) electrons. The van der Waals surface area contributed by atoms with Crippen LogP contribution < -0.4 is 5.32 Å². The predicted octanol–water partition coefficient (Wildman–Crippen LogP) is 0.155. The third-order valence-corrected chi connectivity index (χ3v) is 2.42. The minimum Gasteiger partial charge on any atom is -0.378 e. The van der Waals surface area contributed by atoms with Gasteiger partial charge < -0.3 is 14.8 Å². The third-order valence-electron chi connectivity index (χ3n) is 2.42. The van der Waals surface area contributed by atoms with Crippen molar-refractivity contribution in [3.63, 3.8) is 0 Å². The van der Waals surface area contributed by atoms with Gasteiger partial charge in [0.25, 0.3) is 0 Å². The average Bonchev–Trinajstić information content (AvgIpc) is 2.07. The molecule has 0 unspecified atom stereocenters. The monoisotopic (exact) mass is 157 g/mol. The fourth-order valence-electron chi connectivity index (χ4n) is 1.79. The van der Waals surface area contributed by atoms with Crippen molar-refractivity contribution in [1.82, 2.24) is 5.32 Å². The highest BCUT2D eigenvalue weighted by Gasteiger charge is 2.35. The van der Waals surface area contributed by atoms with E-state index in [4.69, 9.17) is 9.47 Å². The van der Waals surface area contributed by atoms with E-state index >= 15 is 0 Å². The average molecular weight is 157 g/mol. The normalized spacial score (nSPS) is 39.3. The van der Waals surface area contributed by atoms with Crippen molar-refractivity contribution in [1.29, 1.82) is 0 Å². The molecule has 2 aliphatic heterocycles. The van der Waals surface area contributed by atoms with Crippen LogP contribution in [0.5, 0.6) is 0 Å². The van der Waals surface area contributed by atoms with Crippen LogP contribution >= 0.6 is 0 Å². The molecule has 0 saturated carbocycles. The summed E-state index contributed by atoms with van der Waals surface area (Å²) in [5.41, 5.74) is 0.0243. The van der Waals surface area contributed by atoms with E-state index in [0.717, 1.165) is 45.8 Å². The summed E-state index contributed by atoms with van der Waals surface area (Å²) in [5, 5.41) is 3.34. The molecule has 1 N–H and O–H groups in total. The highest BCUT2D eigenvalue weighted by atomic mass is 16.5. The predicted molar refractivity (Wildman–Crippen MR) is 41.6 cm³/mol. The third kappa shape index (κ3) is 1.55. The second-order valence-electron chi connectivity index (χ2n) is 3.36. The summed E-state index contributed by atoms with van der Waals surface area (Å²) in [5.74, 6) is 0. The first-order chi connectivity index (χ1) is 5.41. The fraction of sp³-hybridized carbons (Fsp3) is 1.00. The molecule has 64 valence electrons. The molecule has 0 aromatic carbocycles. The van der Waals surface area contributed by atoms with Crippen LogP contribution in [-0.2, 0) is 9.47 Å². The maximum Gasteiger partial charge on any atom is 0.104 e. The largest absolute Gasteiger partial charge is 0.378 e. The molecule has 3 nitrogen and oxygen atoms in total. The van der Waals surface area contributed by atoms with Crippen molar-refractivity contribution >= 4 is 0 Å². The minimum absolute atomic E-state index is 0.0243. The number of morpholine rings is 1. The summed E-state index contributed by atoms with van der Waals surface area (Å²) in [6.45, 7) is 4.48. The fourth-order valence-corrected chi connectivity index (χ4v) is 1.79. The molecule has 2 saturated heterocycles. The molecule has 2 rings (SSSR count). The molecule has 2 aliphatic rings. The SMILES string of the molecule is C1COC[C@@]2(C1)CNCCO2. The van der Waals surface area contributed by atoms with Gasteiger partial charge in [0.1, 0.15) is 5.60 Å². The topological polar surface area (TPSA) is 30.5 Å².